The van der Waals surface area contributed by atoms with Crippen LogP contribution in [0.4, 0.5) is 5.82 Å². The predicted molar refractivity (Wildman–Crippen MR) is 62.8 cm³/mol. The summed E-state index contributed by atoms with van der Waals surface area (Å²) in [6, 6.07) is 0. The van der Waals surface area contributed by atoms with Gasteiger partial charge in [0, 0.05) is 13.5 Å². The fourth-order valence-electron chi connectivity index (χ4n) is 1.47. The molecule has 0 fully saturated rings. The number of amides is 1. The van der Waals surface area contributed by atoms with Crippen molar-refractivity contribution in [2.75, 3.05) is 11.9 Å². The number of aromatic nitrogens is 2. The zero-order valence-corrected chi connectivity index (χ0v) is 10.5. The first-order valence-corrected chi connectivity index (χ1v) is 5.51. The highest BCUT2D eigenvalue weighted by atomic mass is 16.5. The van der Waals surface area contributed by atoms with Gasteiger partial charge in [0.15, 0.2) is 0 Å². The summed E-state index contributed by atoms with van der Waals surface area (Å²) >= 11 is 0. The summed E-state index contributed by atoms with van der Waals surface area (Å²) in [6.07, 6.45) is 0.340. The van der Waals surface area contributed by atoms with Crippen LogP contribution in [0.25, 0.3) is 0 Å². The Kier molecular flexibility index (Phi) is 4.25. The van der Waals surface area contributed by atoms with Crippen LogP contribution in [-0.4, -0.2) is 28.3 Å². The third-order valence-electron chi connectivity index (χ3n) is 2.28. The number of carbonyl (C=O) groups excluding carboxylic acids is 2. The third kappa shape index (κ3) is 2.83. The molecule has 1 N–H and O–H groups in total. The van der Waals surface area contributed by atoms with Gasteiger partial charge in [-0.1, -0.05) is 6.92 Å². The van der Waals surface area contributed by atoms with Gasteiger partial charge in [0.2, 0.25) is 5.91 Å². The Morgan fingerprint density at radius 1 is 1.41 bits per heavy atom. The minimum atomic E-state index is -0.468. The van der Waals surface area contributed by atoms with Crippen LogP contribution in [0, 0.1) is 6.92 Å². The molecule has 0 unspecified atom stereocenters. The maximum Gasteiger partial charge on any atom is 0.343 e. The molecule has 0 aromatic carbocycles. The average Bonchev–Trinajstić information content (AvgIpc) is 2.54. The Morgan fingerprint density at radius 2 is 2.06 bits per heavy atom. The molecule has 0 aliphatic carbocycles. The van der Waals surface area contributed by atoms with Crippen LogP contribution in [0.5, 0.6) is 0 Å². The first-order chi connectivity index (χ1) is 8.01. The van der Waals surface area contributed by atoms with Crippen molar-refractivity contribution < 1.29 is 14.3 Å². The van der Waals surface area contributed by atoms with Crippen molar-refractivity contribution in [2.24, 2.45) is 7.05 Å². The van der Waals surface area contributed by atoms with E-state index in [0.717, 1.165) is 0 Å². The molecule has 0 aliphatic rings. The van der Waals surface area contributed by atoms with Crippen LogP contribution < -0.4 is 5.32 Å². The minimum Gasteiger partial charge on any atom is -0.462 e. The van der Waals surface area contributed by atoms with Gasteiger partial charge in [-0.15, -0.1) is 0 Å². The quantitative estimate of drug-likeness (QED) is 0.802. The van der Waals surface area contributed by atoms with Crippen molar-refractivity contribution in [2.45, 2.75) is 27.2 Å². The number of esters is 1. The Bertz CT molecular complexity index is 437. The number of nitrogens with one attached hydrogen (secondary N) is 1. The number of hydrogen-bond acceptors (Lipinski definition) is 4. The Hall–Kier alpha value is -1.85. The number of rotatable bonds is 4. The smallest absolute Gasteiger partial charge is 0.343 e. The second-order valence-electron chi connectivity index (χ2n) is 3.55. The highest BCUT2D eigenvalue weighted by Gasteiger charge is 2.22. The van der Waals surface area contributed by atoms with E-state index in [0.29, 0.717) is 23.5 Å². The zero-order valence-electron chi connectivity index (χ0n) is 10.5. The van der Waals surface area contributed by atoms with Gasteiger partial charge in [-0.3, -0.25) is 9.48 Å². The topological polar surface area (TPSA) is 73.2 Å². The van der Waals surface area contributed by atoms with E-state index in [1.54, 1.807) is 27.8 Å². The van der Waals surface area contributed by atoms with Gasteiger partial charge >= 0.3 is 5.97 Å². The monoisotopic (exact) mass is 239 g/mol. The molecule has 1 heterocycles. The molecule has 0 atom stereocenters. The second-order valence-corrected chi connectivity index (χ2v) is 3.55. The molecule has 1 aromatic heterocycles. The Labute approximate surface area is 99.9 Å². The maximum atomic E-state index is 11.7. The van der Waals surface area contributed by atoms with Crippen LogP contribution in [0.15, 0.2) is 0 Å². The molecule has 0 radical (unpaired) electrons. The molecule has 0 spiro atoms. The predicted octanol–water partition coefficient (Wildman–Crippen LogP) is 1.25. The molecular formula is C11H17N3O3. The lowest BCUT2D eigenvalue weighted by Crippen LogP contribution is -2.16. The van der Waals surface area contributed by atoms with E-state index in [2.05, 4.69) is 10.4 Å². The summed E-state index contributed by atoms with van der Waals surface area (Å²) < 4.78 is 6.40. The van der Waals surface area contributed by atoms with E-state index in [9.17, 15) is 9.59 Å². The standard InChI is InChI=1S/C11H17N3O3/c1-5-8(15)12-10-9(11(16)17-6-2)7(3)13-14(10)4/h5-6H2,1-4H3,(H,12,15). The largest absolute Gasteiger partial charge is 0.462 e. The van der Waals surface area contributed by atoms with Gasteiger partial charge in [-0.05, 0) is 13.8 Å². The van der Waals surface area contributed by atoms with E-state index >= 15 is 0 Å². The minimum absolute atomic E-state index is 0.168. The van der Waals surface area contributed by atoms with E-state index in [4.69, 9.17) is 4.74 Å². The van der Waals surface area contributed by atoms with Crippen molar-refractivity contribution in [3.8, 4) is 0 Å². The van der Waals surface area contributed by atoms with Gasteiger partial charge in [0.05, 0.1) is 12.3 Å². The van der Waals surface area contributed by atoms with Crippen LogP contribution >= 0.6 is 0 Å². The highest BCUT2D eigenvalue weighted by molar-refractivity contribution is 6.01. The summed E-state index contributed by atoms with van der Waals surface area (Å²) in [5, 5.41) is 6.75. The molecule has 1 rings (SSSR count). The molecule has 0 aliphatic heterocycles. The van der Waals surface area contributed by atoms with Crippen LogP contribution in [0.2, 0.25) is 0 Å². The van der Waals surface area contributed by atoms with E-state index < -0.39 is 5.97 Å². The van der Waals surface area contributed by atoms with Crippen molar-refractivity contribution in [1.82, 2.24) is 9.78 Å². The van der Waals surface area contributed by atoms with Crippen molar-refractivity contribution >= 4 is 17.7 Å². The number of carbonyl (C=O) groups is 2. The van der Waals surface area contributed by atoms with Crippen LogP contribution in [0.1, 0.15) is 36.3 Å². The Morgan fingerprint density at radius 3 is 2.59 bits per heavy atom. The molecule has 1 aromatic rings. The molecule has 94 valence electrons. The normalized spacial score (nSPS) is 10.1. The van der Waals surface area contributed by atoms with Crippen molar-refractivity contribution in [3.63, 3.8) is 0 Å². The zero-order chi connectivity index (χ0) is 13.0. The van der Waals surface area contributed by atoms with Crippen LogP contribution in [0.3, 0.4) is 0 Å². The van der Waals surface area contributed by atoms with Crippen LogP contribution in [-0.2, 0) is 16.6 Å². The number of ether oxygens (including phenoxy) is 1. The molecule has 0 saturated heterocycles. The number of aryl methyl sites for hydroxylation is 2. The second kappa shape index (κ2) is 5.47. The van der Waals surface area contributed by atoms with E-state index in [1.165, 1.54) is 4.68 Å². The Balaban J connectivity index is 3.10. The molecule has 1 amide bonds. The summed E-state index contributed by atoms with van der Waals surface area (Å²) in [6.45, 7) is 5.46. The summed E-state index contributed by atoms with van der Waals surface area (Å²) in [5.41, 5.74) is 0.855. The molecule has 17 heavy (non-hydrogen) atoms. The van der Waals surface area contributed by atoms with Gasteiger partial charge in [-0.2, -0.15) is 5.10 Å². The van der Waals surface area contributed by atoms with E-state index in [-0.39, 0.29) is 12.5 Å². The van der Waals surface area contributed by atoms with Gasteiger partial charge in [0.25, 0.3) is 0 Å². The van der Waals surface area contributed by atoms with Crippen molar-refractivity contribution in [3.05, 3.63) is 11.3 Å². The lowest BCUT2D eigenvalue weighted by atomic mass is 10.2. The summed E-state index contributed by atoms with van der Waals surface area (Å²) in [5.74, 6) is -0.254. The summed E-state index contributed by atoms with van der Waals surface area (Å²) in [4.78, 5) is 23.1. The van der Waals surface area contributed by atoms with Gasteiger partial charge in [0.1, 0.15) is 11.4 Å². The maximum absolute atomic E-state index is 11.7. The number of anilines is 1. The molecule has 6 nitrogen and oxygen atoms in total. The fourth-order valence-corrected chi connectivity index (χ4v) is 1.47. The summed E-state index contributed by atoms with van der Waals surface area (Å²) in [7, 11) is 1.67. The third-order valence-corrected chi connectivity index (χ3v) is 2.28. The van der Waals surface area contributed by atoms with E-state index in [1.807, 2.05) is 0 Å². The van der Waals surface area contributed by atoms with Crippen molar-refractivity contribution in [1.29, 1.82) is 0 Å². The highest BCUT2D eigenvalue weighted by Crippen LogP contribution is 2.20. The average molecular weight is 239 g/mol. The number of nitrogens with zero attached hydrogens (tertiary/aromatic N) is 2. The first-order valence-electron chi connectivity index (χ1n) is 5.51. The molecule has 0 bridgehead atoms. The SMILES string of the molecule is CCOC(=O)c1c(C)nn(C)c1NC(=O)CC. The molecule has 6 heteroatoms. The van der Waals surface area contributed by atoms with Gasteiger partial charge < -0.3 is 10.1 Å². The first kappa shape index (κ1) is 13.2. The lowest BCUT2D eigenvalue weighted by Gasteiger charge is -2.07. The molecule has 0 saturated carbocycles. The molecular weight excluding hydrogens is 222 g/mol. The van der Waals surface area contributed by atoms with Gasteiger partial charge in [-0.25, -0.2) is 4.79 Å². The number of hydrogen-bond donors (Lipinski definition) is 1. The fraction of sp³-hybridized carbons (Fsp3) is 0.545. The lowest BCUT2D eigenvalue weighted by molar-refractivity contribution is -0.115.